The quantitative estimate of drug-likeness (QED) is 0.602. The van der Waals surface area contributed by atoms with Gasteiger partial charge in [-0.1, -0.05) is 49.4 Å². The van der Waals surface area contributed by atoms with E-state index in [2.05, 4.69) is 29.4 Å². The summed E-state index contributed by atoms with van der Waals surface area (Å²) in [5, 5.41) is 3.80. The fraction of sp³-hybridized carbons (Fsp3) is 0.333. The molecule has 2 aromatic carbocycles. The van der Waals surface area contributed by atoms with Gasteiger partial charge in [-0.2, -0.15) is 0 Å². The number of para-hydroxylation sites is 1. The first kappa shape index (κ1) is 18.6. The standard InChI is InChI=1S/C24H25FN2O/c1-16-19-9-6-10-20(25)22(19)26-15-21(16)27-23(28)18(14-24(2)11-12-24)13-17-7-4-3-5-8-17/h3-10,15,18H,11-14H2,1-2H3,(H,27,28)/t18-/m1/s1. The molecule has 144 valence electrons. The number of fused-ring (bicyclic) bond motifs is 1. The van der Waals surface area contributed by atoms with Crippen LogP contribution in [0.2, 0.25) is 0 Å². The molecule has 0 radical (unpaired) electrons. The third-order valence-electron chi connectivity index (χ3n) is 5.91. The highest BCUT2D eigenvalue weighted by molar-refractivity contribution is 5.96. The van der Waals surface area contributed by atoms with Gasteiger partial charge in [0.1, 0.15) is 11.3 Å². The van der Waals surface area contributed by atoms with Crippen molar-refractivity contribution in [1.82, 2.24) is 4.98 Å². The number of carbonyl (C=O) groups excluding carboxylic acids is 1. The van der Waals surface area contributed by atoms with Gasteiger partial charge in [0.15, 0.2) is 0 Å². The van der Waals surface area contributed by atoms with E-state index in [1.165, 1.54) is 24.5 Å². The zero-order chi connectivity index (χ0) is 19.7. The van der Waals surface area contributed by atoms with Crippen LogP contribution in [0.5, 0.6) is 0 Å². The number of rotatable bonds is 6. The molecule has 1 heterocycles. The van der Waals surface area contributed by atoms with E-state index in [0.717, 1.165) is 23.8 Å². The van der Waals surface area contributed by atoms with Crippen LogP contribution in [0.1, 0.15) is 37.3 Å². The Hall–Kier alpha value is -2.75. The lowest BCUT2D eigenvalue weighted by Gasteiger charge is -2.21. The molecule has 1 atom stereocenters. The van der Waals surface area contributed by atoms with Crippen LogP contribution in [0.15, 0.2) is 54.7 Å². The Balaban J connectivity index is 1.58. The molecule has 4 rings (SSSR count). The number of aryl methyl sites for hydroxylation is 1. The van der Waals surface area contributed by atoms with Gasteiger partial charge in [0.2, 0.25) is 5.91 Å². The summed E-state index contributed by atoms with van der Waals surface area (Å²) in [6.45, 7) is 4.15. The van der Waals surface area contributed by atoms with Crippen LogP contribution >= 0.6 is 0 Å². The van der Waals surface area contributed by atoms with Crippen molar-refractivity contribution in [3.8, 4) is 0 Å². The highest BCUT2D eigenvalue weighted by Gasteiger charge is 2.40. The topological polar surface area (TPSA) is 42.0 Å². The van der Waals surface area contributed by atoms with Gasteiger partial charge in [-0.15, -0.1) is 0 Å². The van der Waals surface area contributed by atoms with Crippen molar-refractivity contribution in [3.05, 3.63) is 71.7 Å². The van der Waals surface area contributed by atoms with Crippen molar-refractivity contribution < 1.29 is 9.18 Å². The van der Waals surface area contributed by atoms with E-state index in [4.69, 9.17) is 0 Å². The molecule has 3 nitrogen and oxygen atoms in total. The SMILES string of the molecule is Cc1c(NC(=O)[C@H](Cc2ccccc2)CC2(C)CC2)cnc2c(F)cccc12. The number of anilines is 1. The zero-order valence-electron chi connectivity index (χ0n) is 16.3. The summed E-state index contributed by atoms with van der Waals surface area (Å²) in [5.74, 6) is -0.433. The van der Waals surface area contributed by atoms with Crippen LogP contribution in [0.25, 0.3) is 10.9 Å². The second kappa shape index (κ2) is 7.34. The minimum atomic E-state index is -0.345. The number of nitrogens with one attached hydrogen (secondary N) is 1. The van der Waals surface area contributed by atoms with Crippen molar-refractivity contribution in [2.24, 2.45) is 11.3 Å². The fourth-order valence-corrected chi connectivity index (χ4v) is 3.85. The average molecular weight is 376 g/mol. The van der Waals surface area contributed by atoms with Crippen LogP contribution in [-0.4, -0.2) is 10.9 Å². The number of carbonyl (C=O) groups is 1. The molecule has 0 saturated heterocycles. The molecule has 1 aliphatic rings. The van der Waals surface area contributed by atoms with Crippen molar-refractivity contribution in [1.29, 1.82) is 0 Å². The molecule has 1 N–H and O–H groups in total. The van der Waals surface area contributed by atoms with Crippen molar-refractivity contribution in [2.45, 2.75) is 39.5 Å². The second-order valence-electron chi connectivity index (χ2n) is 8.32. The van der Waals surface area contributed by atoms with Crippen LogP contribution in [0.3, 0.4) is 0 Å². The number of hydrogen-bond acceptors (Lipinski definition) is 2. The normalized spacial score (nSPS) is 16.0. The van der Waals surface area contributed by atoms with Gasteiger partial charge in [-0.25, -0.2) is 4.39 Å². The Kier molecular flexibility index (Phi) is 4.88. The second-order valence-corrected chi connectivity index (χ2v) is 8.32. The number of aromatic nitrogens is 1. The van der Waals surface area contributed by atoms with Gasteiger partial charge in [0.05, 0.1) is 11.9 Å². The van der Waals surface area contributed by atoms with E-state index in [-0.39, 0.29) is 23.1 Å². The van der Waals surface area contributed by atoms with Gasteiger partial charge in [0.25, 0.3) is 0 Å². The molecule has 1 saturated carbocycles. The number of hydrogen-bond donors (Lipinski definition) is 1. The number of halogens is 1. The maximum Gasteiger partial charge on any atom is 0.227 e. The van der Waals surface area contributed by atoms with Crippen LogP contribution in [0.4, 0.5) is 10.1 Å². The molecule has 1 fully saturated rings. The lowest BCUT2D eigenvalue weighted by molar-refractivity contribution is -0.120. The van der Waals surface area contributed by atoms with Crippen molar-refractivity contribution in [2.75, 3.05) is 5.32 Å². The first-order valence-electron chi connectivity index (χ1n) is 9.84. The van der Waals surface area contributed by atoms with Gasteiger partial charge >= 0.3 is 0 Å². The van der Waals surface area contributed by atoms with Gasteiger partial charge < -0.3 is 5.32 Å². The zero-order valence-corrected chi connectivity index (χ0v) is 16.3. The Morgan fingerprint density at radius 3 is 2.64 bits per heavy atom. The third kappa shape index (κ3) is 3.91. The summed E-state index contributed by atoms with van der Waals surface area (Å²) in [4.78, 5) is 17.4. The lowest BCUT2D eigenvalue weighted by atomic mass is 9.87. The summed E-state index contributed by atoms with van der Waals surface area (Å²) < 4.78 is 14.0. The van der Waals surface area contributed by atoms with Crippen molar-refractivity contribution >= 4 is 22.5 Å². The predicted molar refractivity (Wildman–Crippen MR) is 111 cm³/mol. The van der Waals surface area contributed by atoms with E-state index < -0.39 is 0 Å². The molecule has 0 unspecified atom stereocenters. The highest BCUT2D eigenvalue weighted by atomic mass is 19.1. The summed E-state index contributed by atoms with van der Waals surface area (Å²) in [7, 11) is 0. The summed E-state index contributed by atoms with van der Waals surface area (Å²) >= 11 is 0. The molecule has 28 heavy (non-hydrogen) atoms. The number of benzene rings is 2. The number of pyridine rings is 1. The van der Waals surface area contributed by atoms with E-state index in [9.17, 15) is 9.18 Å². The Labute approximate surface area is 165 Å². The average Bonchev–Trinajstić information content (AvgIpc) is 3.42. The third-order valence-corrected chi connectivity index (χ3v) is 5.91. The van der Waals surface area contributed by atoms with Crippen LogP contribution in [0, 0.1) is 24.1 Å². The lowest BCUT2D eigenvalue weighted by Crippen LogP contribution is -2.27. The van der Waals surface area contributed by atoms with Gasteiger partial charge in [-0.05, 0) is 55.2 Å². The Morgan fingerprint density at radius 1 is 1.18 bits per heavy atom. The summed E-state index contributed by atoms with van der Waals surface area (Å²) in [6.07, 6.45) is 5.53. The monoisotopic (exact) mass is 376 g/mol. The van der Waals surface area contributed by atoms with Gasteiger partial charge in [-0.3, -0.25) is 9.78 Å². The molecule has 3 aromatic rings. The first-order chi connectivity index (χ1) is 13.5. The van der Waals surface area contributed by atoms with E-state index in [0.29, 0.717) is 11.2 Å². The molecule has 1 amide bonds. The van der Waals surface area contributed by atoms with Crippen LogP contribution in [-0.2, 0) is 11.2 Å². The van der Waals surface area contributed by atoms with Gasteiger partial charge in [0, 0.05) is 11.3 Å². The molecule has 1 aromatic heterocycles. The van der Waals surface area contributed by atoms with E-state index in [1.807, 2.05) is 31.2 Å². The Bertz CT molecular complexity index is 1010. The maximum absolute atomic E-state index is 14.0. The van der Waals surface area contributed by atoms with E-state index >= 15 is 0 Å². The first-order valence-corrected chi connectivity index (χ1v) is 9.84. The van der Waals surface area contributed by atoms with Crippen LogP contribution < -0.4 is 5.32 Å². The minimum Gasteiger partial charge on any atom is -0.324 e. The van der Waals surface area contributed by atoms with Crippen molar-refractivity contribution in [3.63, 3.8) is 0 Å². The molecule has 4 heteroatoms. The maximum atomic E-state index is 14.0. The molecule has 1 aliphatic carbocycles. The molecule has 0 aliphatic heterocycles. The largest absolute Gasteiger partial charge is 0.324 e. The molecular weight excluding hydrogens is 351 g/mol. The molecule has 0 spiro atoms. The fourth-order valence-electron chi connectivity index (χ4n) is 3.85. The number of amides is 1. The highest BCUT2D eigenvalue weighted by Crippen LogP contribution is 2.50. The Morgan fingerprint density at radius 2 is 1.93 bits per heavy atom. The minimum absolute atomic E-state index is 0.0117. The molecule has 0 bridgehead atoms. The van der Waals surface area contributed by atoms with E-state index in [1.54, 1.807) is 12.3 Å². The smallest absolute Gasteiger partial charge is 0.227 e. The predicted octanol–water partition coefficient (Wildman–Crippen LogP) is 5.67. The number of nitrogens with zero attached hydrogens (tertiary/aromatic N) is 1. The summed E-state index contributed by atoms with van der Waals surface area (Å²) in [6, 6.07) is 15.1. The molecular formula is C24H25FN2O. The summed E-state index contributed by atoms with van der Waals surface area (Å²) in [5.41, 5.74) is 3.28.